The molecule has 0 heterocycles. The smallest absolute Gasteiger partial charge is 0.433 e. The lowest BCUT2D eigenvalue weighted by molar-refractivity contribution is 0.101. The normalized spacial score (nSPS) is 11.9. The van der Waals surface area contributed by atoms with Gasteiger partial charge in [-0.3, -0.25) is 0 Å². The first-order valence-electron chi connectivity index (χ1n) is 4.32. The van der Waals surface area contributed by atoms with E-state index in [4.69, 9.17) is 9.47 Å². The predicted molar refractivity (Wildman–Crippen MR) is 64.9 cm³/mol. The third kappa shape index (κ3) is 5.18. The second-order valence-electron chi connectivity index (χ2n) is 2.73. The number of hydrogen-bond acceptors (Lipinski definition) is 3. The van der Waals surface area contributed by atoms with Gasteiger partial charge in [-0.05, 0) is 12.1 Å². The molecule has 0 N–H and O–H groups in total. The van der Waals surface area contributed by atoms with Crippen LogP contribution in [0.5, 0.6) is 5.75 Å². The molecule has 0 saturated heterocycles. The van der Waals surface area contributed by atoms with Crippen LogP contribution < -0.4 is 4.74 Å². The summed E-state index contributed by atoms with van der Waals surface area (Å²) in [7, 11) is 0. The van der Waals surface area contributed by atoms with Crippen molar-refractivity contribution in [3.05, 3.63) is 30.3 Å². The Bertz CT molecular complexity index is 303. The van der Waals surface area contributed by atoms with Crippen LogP contribution in [0.3, 0.4) is 0 Å². The zero-order valence-corrected chi connectivity index (χ0v) is 11.0. The maximum Gasteiger partial charge on any atom is 0.513 e. The molecular weight excluding hydrogens is 328 g/mol. The predicted octanol–water partition coefficient (Wildman–Crippen LogP) is 3.36. The standard InChI is InChI=1S/C10H10Br2O3/c11-6-8(12)7-14-10(13)15-9-4-2-1-3-5-9/h1-5,8H,6-7H2. The topological polar surface area (TPSA) is 35.5 Å². The first-order valence-corrected chi connectivity index (χ1v) is 6.35. The molecule has 0 bridgehead atoms. The van der Waals surface area contributed by atoms with Gasteiger partial charge in [-0.15, -0.1) is 0 Å². The van der Waals surface area contributed by atoms with Crippen LogP contribution in [0.2, 0.25) is 0 Å². The molecule has 0 amide bonds. The number of halogens is 2. The lowest BCUT2D eigenvalue weighted by atomic mass is 10.3. The average Bonchev–Trinajstić information content (AvgIpc) is 2.27. The van der Waals surface area contributed by atoms with Gasteiger partial charge in [-0.2, -0.15) is 0 Å². The Kier molecular flexibility index (Phi) is 5.71. The molecule has 3 nitrogen and oxygen atoms in total. The van der Waals surface area contributed by atoms with Gasteiger partial charge in [0, 0.05) is 5.33 Å². The second-order valence-corrected chi connectivity index (χ2v) is 4.67. The fourth-order valence-corrected chi connectivity index (χ4v) is 1.14. The van der Waals surface area contributed by atoms with Crippen molar-refractivity contribution in [1.29, 1.82) is 0 Å². The lowest BCUT2D eigenvalue weighted by Crippen LogP contribution is -2.17. The van der Waals surface area contributed by atoms with Gasteiger partial charge in [0.1, 0.15) is 12.4 Å². The van der Waals surface area contributed by atoms with E-state index in [1.54, 1.807) is 24.3 Å². The molecule has 1 aromatic carbocycles. The molecule has 0 fully saturated rings. The number of hydrogen-bond donors (Lipinski definition) is 0. The minimum Gasteiger partial charge on any atom is -0.433 e. The van der Waals surface area contributed by atoms with Crippen LogP contribution in [0.1, 0.15) is 0 Å². The van der Waals surface area contributed by atoms with Gasteiger partial charge in [0.25, 0.3) is 0 Å². The number of benzene rings is 1. The first kappa shape index (κ1) is 12.5. The van der Waals surface area contributed by atoms with E-state index >= 15 is 0 Å². The third-order valence-corrected chi connectivity index (χ3v) is 3.73. The fraction of sp³-hybridized carbons (Fsp3) is 0.300. The van der Waals surface area contributed by atoms with Gasteiger partial charge in [-0.25, -0.2) is 4.79 Å². The largest absolute Gasteiger partial charge is 0.513 e. The minimum atomic E-state index is -0.688. The average molecular weight is 338 g/mol. The maximum atomic E-state index is 11.2. The molecule has 1 rings (SSSR count). The minimum absolute atomic E-state index is 0.0980. The van der Waals surface area contributed by atoms with Crippen molar-refractivity contribution >= 4 is 38.0 Å². The summed E-state index contributed by atoms with van der Waals surface area (Å²) in [5.41, 5.74) is 0. The van der Waals surface area contributed by atoms with E-state index in [0.717, 1.165) is 0 Å². The van der Waals surface area contributed by atoms with Gasteiger partial charge in [0.15, 0.2) is 0 Å². The van der Waals surface area contributed by atoms with Crippen LogP contribution in [0, 0.1) is 0 Å². The highest BCUT2D eigenvalue weighted by Crippen LogP contribution is 2.10. The summed E-state index contributed by atoms with van der Waals surface area (Å²) in [5, 5.41) is 0.714. The van der Waals surface area contributed by atoms with Crippen LogP contribution in [-0.2, 0) is 4.74 Å². The van der Waals surface area contributed by atoms with Crippen molar-refractivity contribution < 1.29 is 14.3 Å². The first-order chi connectivity index (χ1) is 7.22. The van der Waals surface area contributed by atoms with Crippen molar-refractivity contribution in [2.45, 2.75) is 4.83 Å². The molecule has 0 aromatic heterocycles. The molecule has 0 saturated carbocycles. The van der Waals surface area contributed by atoms with Crippen molar-refractivity contribution in [2.24, 2.45) is 0 Å². The van der Waals surface area contributed by atoms with Crippen LogP contribution in [0.15, 0.2) is 30.3 Å². The molecule has 0 aliphatic heterocycles. The Morgan fingerprint density at radius 2 is 2.00 bits per heavy atom. The molecule has 0 aliphatic carbocycles. The van der Waals surface area contributed by atoms with E-state index in [9.17, 15) is 4.79 Å². The monoisotopic (exact) mass is 336 g/mol. The molecular formula is C10H10Br2O3. The van der Waals surface area contributed by atoms with E-state index < -0.39 is 6.16 Å². The van der Waals surface area contributed by atoms with E-state index in [1.165, 1.54) is 0 Å². The van der Waals surface area contributed by atoms with Gasteiger partial charge in [0.2, 0.25) is 0 Å². The Morgan fingerprint density at radius 1 is 1.33 bits per heavy atom. The summed E-state index contributed by atoms with van der Waals surface area (Å²) in [4.78, 5) is 11.3. The molecule has 0 aliphatic rings. The second kappa shape index (κ2) is 6.85. The Balaban J connectivity index is 2.31. The van der Waals surface area contributed by atoms with Crippen molar-refractivity contribution in [3.8, 4) is 5.75 Å². The zero-order valence-electron chi connectivity index (χ0n) is 7.86. The molecule has 1 atom stereocenters. The number of carbonyl (C=O) groups excluding carboxylic acids is 1. The van der Waals surface area contributed by atoms with Gasteiger partial charge >= 0.3 is 6.16 Å². The third-order valence-electron chi connectivity index (χ3n) is 1.49. The molecule has 1 unspecified atom stereocenters. The summed E-state index contributed by atoms with van der Waals surface area (Å²) < 4.78 is 9.77. The van der Waals surface area contributed by atoms with Crippen molar-refractivity contribution in [2.75, 3.05) is 11.9 Å². The van der Waals surface area contributed by atoms with Gasteiger partial charge in [-0.1, -0.05) is 50.1 Å². The Hall–Kier alpha value is -0.550. The molecule has 0 spiro atoms. The molecule has 5 heteroatoms. The van der Waals surface area contributed by atoms with Crippen LogP contribution in [0.25, 0.3) is 0 Å². The van der Waals surface area contributed by atoms with Crippen molar-refractivity contribution in [1.82, 2.24) is 0 Å². The number of carbonyl (C=O) groups is 1. The highest BCUT2D eigenvalue weighted by atomic mass is 79.9. The number of alkyl halides is 2. The molecule has 0 radical (unpaired) electrons. The number of ether oxygens (including phenoxy) is 2. The number of para-hydroxylation sites is 1. The van der Waals surface area contributed by atoms with Crippen LogP contribution in [-0.4, -0.2) is 22.9 Å². The summed E-state index contributed by atoms with van der Waals surface area (Å²) >= 11 is 6.56. The highest BCUT2D eigenvalue weighted by molar-refractivity contribution is 9.12. The quantitative estimate of drug-likeness (QED) is 0.480. The van der Waals surface area contributed by atoms with E-state index in [-0.39, 0.29) is 11.4 Å². The van der Waals surface area contributed by atoms with Crippen molar-refractivity contribution in [3.63, 3.8) is 0 Å². The van der Waals surface area contributed by atoms with E-state index in [1.807, 2.05) is 6.07 Å². The maximum absolute atomic E-state index is 11.2. The Morgan fingerprint density at radius 3 is 2.60 bits per heavy atom. The summed E-state index contributed by atoms with van der Waals surface area (Å²) in [6.45, 7) is 0.275. The molecule has 1 aromatic rings. The number of rotatable bonds is 4. The summed E-state index contributed by atoms with van der Waals surface area (Å²) in [6, 6.07) is 8.80. The van der Waals surface area contributed by atoms with E-state index in [2.05, 4.69) is 31.9 Å². The fourth-order valence-electron chi connectivity index (χ4n) is 0.817. The summed E-state index contributed by atoms with van der Waals surface area (Å²) in [5.74, 6) is 0.479. The van der Waals surface area contributed by atoms with Gasteiger partial charge < -0.3 is 9.47 Å². The Labute approximate surface area is 105 Å². The van der Waals surface area contributed by atoms with Crippen LogP contribution >= 0.6 is 31.9 Å². The SMILES string of the molecule is O=C(OCC(Br)CBr)Oc1ccccc1. The zero-order chi connectivity index (χ0) is 11.1. The lowest BCUT2D eigenvalue weighted by Gasteiger charge is -2.07. The van der Waals surface area contributed by atoms with E-state index in [0.29, 0.717) is 11.1 Å². The molecule has 82 valence electrons. The summed E-state index contributed by atoms with van der Waals surface area (Å²) in [6.07, 6.45) is -0.688. The molecule has 15 heavy (non-hydrogen) atoms. The highest BCUT2D eigenvalue weighted by Gasteiger charge is 2.09. The van der Waals surface area contributed by atoms with Crippen LogP contribution in [0.4, 0.5) is 4.79 Å². The van der Waals surface area contributed by atoms with Gasteiger partial charge in [0.05, 0.1) is 4.83 Å².